The molecule has 0 radical (unpaired) electrons. The number of carbonyl (C=O) groups is 1. The van der Waals surface area contributed by atoms with E-state index in [9.17, 15) is 23.2 Å². The molecule has 3 aromatic rings. The van der Waals surface area contributed by atoms with Gasteiger partial charge in [-0.3, -0.25) is 4.79 Å². The van der Waals surface area contributed by atoms with Crippen LogP contribution < -0.4 is 14.8 Å². The molecule has 0 aliphatic carbocycles. The van der Waals surface area contributed by atoms with Gasteiger partial charge in [0.1, 0.15) is 24.9 Å². The van der Waals surface area contributed by atoms with Gasteiger partial charge in [0.15, 0.2) is 11.5 Å². The lowest BCUT2D eigenvalue weighted by Gasteiger charge is -2.18. The summed E-state index contributed by atoms with van der Waals surface area (Å²) in [6.45, 7) is 4.19. The van der Waals surface area contributed by atoms with Crippen LogP contribution in [-0.4, -0.2) is 23.7 Å². The van der Waals surface area contributed by atoms with E-state index in [4.69, 9.17) is 21.1 Å². The van der Waals surface area contributed by atoms with E-state index < -0.39 is 17.6 Å². The fraction of sp³-hybridized carbons (Fsp3) is 0.200. The Morgan fingerprint density at radius 3 is 2.51 bits per heavy atom. The predicted molar refractivity (Wildman–Crippen MR) is 125 cm³/mol. The van der Waals surface area contributed by atoms with E-state index in [1.807, 2.05) is 6.07 Å². The molecule has 2 heterocycles. The van der Waals surface area contributed by atoms with Crippen LogP contribution in [0.1, 0.15) is 22.5 Å². The van der Waals surface area contributed by atoms with E-state index in [1.54, 1.807) is 42.7 Å². The Morgan fingerprint density at radius 1 is 1.11 bits per heavy atom. The molecule has 0 bridgehead atoms. The molecule has 2 aromatic carbocycles. The number of anilines is 1. The zero-order chi connectivity index (χ0) is 25.3. The third-order valence-corrected chi connectivity index (χ3v) is 5.77. The van der Waals surface area contributed by atoms with Crippen LogP contribution in [0.25, 0.3) is 11.8 Å². The smallest absolute Gasteiger partial charge is 0.416 e. The van der Waals surface area contributed by atoms with E-state index in [-0.39, 0.29) is 16.3 Å². The van der Waals surface area contributed by atoms with Crippen molar-refractivity contribution in [1.29, 1.82) is 5.26 Å². The summed E-state index contributed by atoms with van der Waals surface area (Å²) in [5.41, 5.74) is 1.14. The first kappa shape index (κ1) is 24.2. The Bertz CT molecular complexity index is 1390. The van der Waals surface area contributed by atoms with Crippen molar-refractivity contribution in [2.45, 2.75) is 20.0 Å². The molecule has 0 spiro atoms. The highest BCUT2D eigenvalue weighted by atomic mass is 35.5. The van der Waals surface area contributed by atoms with E-state index in [0.717, 1.165) is 12.1 Å². The Balaban J connectivity index is 1.65. The number of nitrogens with zero attached hydrogens (tertiary/aromatic N) is 2. The standard InChI is InChI=1S/C25H19ClF3N3O3/c1-14-9-16(15(2)32(14)21-11-18(25(27,28)29)3-5-20(21)26)10-17(13-30)24(33)31-19-4-6-22-23(12-19)35-8-7-34-22/h3-6,9-12H,7-8H2,1-2H3,(H,31,33). The third kappa shape index (κ3) is 4.98. The highest BCUT2D eigenvalue weighted by Gasteiger charge is 2.31. The number of nitrogens with one attached hydrogen (secondary N) is 1. The average Bonchev–Trinajstić information content (AvgIpc) is 3.09. The lowest BCUT2D eigenvalue weighted by molar-refractivity contribution is -0.137. The number of rotatable bonds is 4. The highest BCUT2D eigenvalue weighted by molar-refractivity contribution is 6.32. The Hall–Kier alpha value is -3.90. The molecule has 6 nitrogen and oxygen atoms in total. The number of carbonyl (C=O) groups excluding carboxylic acids is 1. The van der Waals surface area contributed by atoms with Gasteiger partial charge in [0.05, 0.1) is 16.3 Å². The summed E-state index contributed by atoms with van der Waals surface area (Å²) in [4.78, 5) is 12.8. The van der Waals surface area contributed by atoms with Crippen molar-refractivity contribution < 1.29 is 27.4 Å². The predicted octanol–water partition coefficient (Wildman–Crippen LogP) is 6.08. The number of halogens is 4. The number of hydrogen-bond acceptors (Lipinski definition) is 4. The maximum Gasteiger partial charge on any atom is 0.416 e. The van der Waals surface area contributed by atoms with Crippen LogP contribution in [0.5, 0.6) is 11.5 Å². The summed E-state index contributed by atoms with van der Waals surface area (Å²) in [7, 11) is 0. The number of aryl methyl sites for hydroxylation is 1. The maximum absolute atomic E-state index is 13.2. The van der Waals surface area contributed by atoms with Crippen LogP contribution in [-0.2, 0) is 11.0 Å². The third-order valence-electron chi connectivity index (χ3n) is 5.45. The lowest BCUT2D eigenvalue weighted by atomic mass is 10.1. The zero-order valence-electron chi connectivity index (χ0n) is 18.7. The van der Waals surface area contributed by atoms with Gasteiger partial charge in [0, 0.05) is 23.1 Å². The lowest BCUT2D eigenvalue weighted by Crippen LogP contribution is -2.17. The minimum Gasteiger partial charge on any atom is -0.486 e. The van der Waals surface area contributed by atoms with Crippen LogP contribution >= 0.6 is 11.6 Å². The van der Waals surface area contributed by atoms with E-state index in [0.29, 0.717) is 47.4 Å². The van der Waals surface area contributed by atoms with Gasteiger partial charge in [-0.05, 0) is 61.9 Å². The molecular formula is C25H19ClF3N3O3. The molecule has 0 fully saturated rings. The first-order valence-corrected chi connectivity index (χ1v) is 10.8. The van der Waals surface area contributed by atoms with Crippen LogP contribution in [0, 0.1) is 25.2 Å². The molecule has 4 rings (SSSR count). The first-order chi connectivity index (χ1) is 16.6. The number of ether oxygens (including phenoxy) is 2. The summed E-state index contributed by atoms with van der Waals surface area (Å²) >= 11 is 6.22. The molecule has 1 amide bonds. The van der Waals surface area contributed by atoms with E-state index in [2.05, 4.69) is 5.32 Å². The van der Waals surface area contributed by atoms with Crippen molar-refractivity contribution in [3.8, 4) is 23.3 Å². The van der Waals surface area contributed by atoms with Gasteiger partial charge in [0.25, 0.3) is 5.91 Å². The maximum atomic E-state index is 13.2. The summed E-state index contributed by atoms with van der Waals surface area (Å²) in [6.07, 6.45) is -3.15. The fourth-order valence-electron chi connectivity index (χ4n) is 3.79. The van der Waals surface area contributed by atoms with Crippen molar-refractivity contribution in [3.05, 3.63) is 75.6 Å². The molecule has 1 aliphatic heterocycles. The Kier molecular flexibility index (Phi) is 6.50. The molecule has 0 unspecified atom stereocenters. The molecule has 1 aromatic heterocycles. The second-order valence-electron chi connectivity index (χ2n) is 7.81. The summed E-state index contributed by atoms with van der Waals surface area (Å²) < 4.78 is 52.2. The van der Waals surface area contributed by atoms with Gasteiger partial charge in [0.2, 0.25) is 0 Å². The zero-order valence-corrected chi connectivity index (χ0v) is 19.4. The number of nitriles is 1. The van der Waals surface area contributed by atoms with Crippen LogP contribution in [0.4, 0.5) is 18.9 Å². The number of benzene rings is 2. The average molecular weight is 502 g/mol. The van der Waals surface area contributed by atoms with Crippen LogP contribution in [0.15, 0.2) is 48.0 Å². The van der Waals surface area contributed by atoms with E-state index >= 15 is 0 Å². The minimum absolute atomic E-state index is 0.132. The fourth-order valence-corrected chi connectivity index (χ4v) is 3.99. The summed E-state index contributed by atoms with van der Waals surface area (Å²) in [5.74, 6) is 0.398. The van der Waals surface area contributed by atoms with Gasteiger partial charge in [-0.25, -0.2) is 0 Å². The molecule has 10 heteroatoms. The Labute approximate surface area is 204 Å². The van der Waals surface area contributed by atoms with Crippen LogP contribution in [0.2, 0.25) is 5.02 Å². The molecule has 0 saturated heterocycles. The first-order valence-electron chi connectivity index (χ1n) is 10.5. The summed E-state index contributed by atoms with van der Waals surface area (Å²) in [6, 6.07) is 11.5. The van der Waals surface area contributed by atoms with Crippen molar-refractivity contribution in [2.75, 3.05) is 18.5 Å². The van der Waals surface area contributed by atoms with Crippen LogP contribution in [0.3, 0.4) is 0 Å². The van der Waals surface area contributed by atoms with Crippen molar-refractivity contribution in [2.24, 2.45) is 0 Å². The topological polar surface area (TPSA) is 76.3 Å². The number of hydrogen-bond donors (Lipinski definition) is 1. The SMILES string of the molecule is Cc1cc(C=C(C#N)C(=O)Nc2ccc3c(c2)OCCO3)c(C)n1-c1cc(C(F)(F)F)ccc1Cl. The van der Waals surface area contributed by atoms with Crippen molar-refractivity contribution in [3.63, 3.8) is 0 Å². The van der Waals surface area contributed by atoms with Gasteiger partial charge < -0.3 is 19.4 Å². The number of fused-ring (bicyclic) bond motifs is 1. The van der Waals surface area contributed by atoms with E-state index in [1.165, 1.54) is 12.1 Å². The number of aromatic nitrogens is 1. The van der Waals surface area contributed by atoms with Crippen molar-refractivity contribution in [1.82, 2.24) is 4.57 Å². The largest absolute Gasteiger partial charge is 0.486 e. The number of alkyl halides is 3. The molecular weight excluding hydrogens is 483 g/mol. The normalized spacial score (nSPS) is 13.3. The molecule has 1 N–H and O–H groups in total. The van der Waals surface area contributed by atoms with Gasteiger partial charge >= 0.3 is 6.18 Å². The number of amides is 1. The molecule has 0 saturated carbocycles. The van der Waals surface area contributed by atoms with Gasteiger partial charge in [-0.15, -0.1) is 0 Å². The molecule has 35 heavy (non-hydrogen) atoms. The highest BCUT2D eigenvalue weighted by Crippen LogP contribution is 2.35. The second kappa shape index (κ2) is 9.39. The second-order valence-corrected chi connectivity index (χ2v) is 8.22. The van der Waals surface area contributed by atoms with Gasteiger partial charge in [-0.1, -0.05) is 11.6 Å². The van der Waals surface area contributed by atoms with Crippen molar-refractivity contribution >= 4 is 29.3 Å². The monoisotopic (exact) mass is 501 g/mol. The molecule has 0 atom stereocenters. The molecule has 1 aliphatic rings. The molecule has 180 valence electrons. The summed E-state index contributed by atoms with van der Waals surface area (Å²) in [5, 5.41) is 12.4. The Morgan fingerprint density at radius 2 is 1.83 bits per heavy atom. The quantitative estimate of drug-likeness (QED) is 0.347. The minimum atomic E-state index is -4.53. The van der Waals surface area contributed by atoms with Gasteiger partial charge in [-0.2, -0.15) is 18.4 Å².